The lowest BCUT2D eigenvalue weighted by atomic mass is 9.88. The van der Waals surface area contributed by atoms with Gasteiger partial charge in [-0.1, -0.05) is 26.0 Å². The molecule has 7 rings (SSSR count). The van der Waals surface area contributed by atoms with Crippen molar-refractivity contribution in [1.29, 1.82) is 0 Å². The molecule has 15 nitrogen and oxygen atoms in total. The second-order valence-electron chi connectivity index (χ2n) is 19.1. The number of ether oxygens (including phenoxy) is 4. The van der Waals surface area contributed by atoms with Crippen LogP contribution in [0.15, 0.2) is 54.6 Å². The zero-order valence-corrected chi connectivity index (χ0v) is 38.6. The van der Waals surface area contributed by atoms with Gasteiger partial charge in [0.15, 0.2) is 11.6 Å². The van der Waals surface area contributed by atoms with E-state index in [1.165, 1.54) is 24.1 Å². The summed E-state index contributed by atoms with van der Waals surface area (Å²) in [5.41, 5.74) is -1.63. The number of nitrogens with zero attached hydrogens (tertiary/aromatic N) is 2. The average molecular weight is 912 g/mol. The van der Waals surface area contributed by atoms with E-state index >= 15 is 9.18 Å². The number of carbonyl (C=O) groups excluding carboxylic acids is 4. The zero-order valence-electron chi connectivity index (χ0n) is 37.7. The highest BCUT2D eigenvalue weighted by molar-refractivity contribution is 7.91. The quantitative estimate of drug-likeness (QED) is 0.173. The number of benzene rings is 2. The van der Waals surface area contributed by atoms with Crippen molar-refractivity contribution in [3.05, 3.63) is 60.4 Å². The number of sulfonamides is 1. The van der Waals surface area contributed by atoms with E-state index in [0.717, 1.165) is 6.42 Å². The highest BCUT2D eigenvalue weighted by Crippen LogP contribution is 2.46. The van der Waals surface area contributed by atoms with Gasteiger partial charge >= 0.3 is 6.09 Å². The minimum Gasteiger partial charge on any atom is -0.497 e. The van der Waals surface area contributed by atoms with Gasteiger partial charge in [-0.25, -0.2) is 22.6 Å². The minimum atomic E-state index is -3.95. The lowest BCUT2D eigenvalue weighted by Gasteiger charge is -2.33. The number of hydrogen-bond donors (Lipinski definition) is 3. The molecule has 3 fully saturated rings. The summed E-state index contributed by atoms with van der Waals surface area (Å²) in [7, 11) is -2.42. The Morgan fingerprint density at radius 1 is 1.05 bits per heavy atom. The van der Waals surface area contributed by atoms with Crippen LogP contribution in [0.4, 0.5) is 9.18 Å². The predicted molar refractivity (Wildman–Crippen MR) is 244 cm³/mol. The summed E-state index contributed by atoms with van der Waals surface area (Å²) in [5.74, 6) is -2.62. The Bertz CT molecular complexity index is 2450. The summed E-state index contributed by atoms with van der Waals surface area (Å²) in [6.07, 6.45) is 4.83. The number of pyridine rings is 1. The van der Waals surface area contributed by atoms with Crippen LogP contribution in [0.3, 0.4) is 0 Å². The van der Waals surface area contributed by atoms with Gasteiger partial charge in [-0.3, -0.25) is 19.1 Å². The maximum absolute atomic E-state index is 15.3. The topological polar surface area (TPSA) is 192 Å². The van der Waals surface area contributed by atoms with Crippen molar-refractivity contribution in [3.8, 4) is 28.6 Å². The van der Waals surface area contributed by atoms with Crippen molar-refractivity contribution in [2.24, 2.45) is 17.8 Å². The molecule has 1 aromatic heterocycles. The number of nitrogens with one attached hydrogen (secondary N) is 3. The first-order valence-corrected chi connectivity index (χ1v) is 23.7. The van der Waals surface area contributed by atoms with E-state index in [2.05, 4.69) is 22.3 Å². The van der Waals surface area contributed by atoms with Crippen molar-refractivity contribution < 1.29 is 55.2 Å². The van der Waals surface area contributed by atoms with Crippen molar-refractivity contribution >= 4 is 44.6 Å². The van der Waals surface area contributed by atoms with Crippen molar-refractivity contribution in [2.75, 3.05) is 13.7 Å². The van der Waals surface area contributed by atoms with E-state index in [-0.39, 0.29) is 47.3 Å². The highest BCUT2D eigenvalue weighted by atomic mass is 32.2. The molecule has 2 saturated carbocycles. The molecule has 4 amide bonds. The van der Waals surface area contributed by atoms with E-state index in [9.17, 15) is 22.8 Å². The van der Waals surface area contributed by atoms with Crippen molar-refractivity contribution in [2.45, 2.75) is 134 Å². The molecule has 352 valence electrons. The summed E-state index contributed by atoms with van der Waals surface area (Å²) in [6, 6.07) is 9.30. The second-order valence-corrected chi connectivity index (χ2v) is 21.0. The van der Waals surface area contributed by atoms with E-state index in [0.29, 0.717) is 53.5 Å². The number of methoxy groups -OCH3 is 1. The third-order valence-corrected chi connectivity index (χ3v) is 14.0. The maximum Gasteiger partial charge on any atom is 0.408 e. The molecule has 2 aromatic carbocycles. The van der Waals surface area contributed by atoms with Crippen LogP contribution in [0.25, 0.3) is 22.0 Å². The van der Waals surface area contributed by atoms with E-state index in [1.54, 1.807) is 65.0 Å². The molecule has 3 heterocycles. The van der Waals surface area contributed by atoms with E-state index in [1.807, 2.05) is 19.1 Å². The lowest BCUT2D eigenvalue weighted by Crippen LogP contribution is -2.59. The van der Waals surface area contributed by atoms with E-state index < -0.39 is 86.1 Å². The summed E-state index contributed by atoms with van der Waals surface area (Å²) >= 11 is 0. The Kier molecular flexibility index (Phi) is 13.2. The Morgan fingerprint density at radius 2 is 1.80 bits per heavy atom. The number of amides is 4. The Balaban J connectivity index is 0.00000327. The van der Waals surface area contributed by atoms with Gasteiger partial charge in [0.1, 0.15) is 35.1 Å². The number of rotatable bonds is 10. The van der Waals surface area contributed by atoms with Crippen LogP contribution in [0, 0.1) is 23.6 Å². The largest absolute Gasteiger partial charge is 0.497 e. The van der Waals surface area contributed by atoms with Gasteiger partial charge in [-0.05, 0) is 133 Å². The lowest BCUT2D eigenvalue weighted by molar-refractivity contribution is -0.142. The molecular formula is C47H66FN5O10S. The molecule has 0 bridgehead atoms. The molecule has 17 heteroatoms. The van der Waals surface area contributed by atoms with Gasteiger partial charge in [0.05, 0.1) is 30.7 Å². The average Bonchev–Trinajstić information content (AvgIpc) is 4.14. The molecule has 64 heavy (non-hydrogen) atoms. The summed E-state index contributed by atoms with van der Waals surface area (Å²) < 4.78 is 67.0. The van der Waals surface area contributed by atoms with Crippen molar-refractivity contribution in [1.82, 2.24) is 25.2 Å². The number of hydrogen-bond acceptors (Lipinski definition) is 11. The first-order chi connectivity index (χ1) is 30.2. The number of halogens is 1. The molecule has 1 saturated heterocycles. The summed E-state index contributed by atoms with van der Waals surface area (Å²) in [5, 5.41) is 6.28. The molecule has 3 N–H and O–H groups in total. The number of carbonyl (C=O) groups is 4. The van der Waals surface area contributed by atoms with Crippen LogP contribution in [0.2, 0.25) is 0 Å². The normalized spacial score (nSPS) is 27.0. The number of alkyl carbamates (subject to hydrolysis) is 1. The molecule has 7 atom stereocenters. The molecule has 3 aromatic rings. The molecule has 0 radical (unpaired) electrons. The smallest absolute Gasteiger partial charge is 0.408 e. The van der Waals surface area contributed by atoms with Crippen LogP contribution in [0.1, 0.15) is 97.7 Å². The van der Waals surface area contributed by atoms with Crippen LogP contribution in [-0.2, 0) is 29.1 Å². The molecule has 2 aliphatic carbocycles. The Morgan fingerprint density at radius 3 is 2.47 bits per heavy atom. The maximum atomic E-state index is 15.3. The first kappa shape index (κ1) is 46.5. The fourth-order valence-corrected chi connectivity index (χ4v) is 10.0. The highest BCUT2D eigenvalue weighted by Gasteiger charge is 2.62. The standard InChI is InChI=1S/C47H60FN5O10S.3H2/c1-26(2)61-39-18-13-29(21-36(39)48)37-22-30-20-32(60-8)14-17-35(30)42(49-37)62-33-23-38-41(54)51-47(44(56)52-64(58,59)34-15-16-34)24-31(47)12-10-9-11-27(3)19-28(4)40(43(55)53(38)25-33)50-45(57)63-46(5,6)7;;;/h10,12-14,17-18,20-22,26-28,31,33-34,38,40H,9,11,15-16,19,23-25H2,1-8H3,(H,50,57)(H,51,54)(H,52,56);3*1H/b12-10-;;;/t27-,28-,31-,33-,38+,40+,47-;;;/m1.../s1. The van der Waals surface area contributed by atoms with Gasteiger partial charge < -0.3 is 34.5 Å². The van der Waals surface area contributed by atoms with Gasteiger partial charge in [-0.2, -0.15) is 0 Å². The Labute approximate surface area is 378 Å². The Hall–Kier alpha value is -5.45. The molecule has 2 aliphatic heterocycles. The van der Waals surface area contributed by atoms with E-state index in [4.69, 9.17) is 23.9 Å². The number of allylic oxidation sites excluding steroid dienone is 1. The first-order valence-electron chi connectivity index (χ1n) is 22.1. The van der Waals surface area contributed by atoms with Gasteiger partial charge in [-0.15, -0.1) is 0 Å². The molecule has 0 unspecified atom stereocenters. The molecular weight excluding hydrogens is 846 g/mol. The fraction of sp³-hybridized carbons (Fsp3) is 0.553. The number of fused-ring (bicyclic) bond motifs is 3. The fourth-order valence-electron chi connectivity index (χ4n) is 8.67. The second kappa shape index (κ2) is 18.2. The van der Waals surface area contributed by atoms with Crippen LogP contribution in [0.5, 0.6) is 17.4 Å². The monoisotopic (exact) mass is 911 g/mol. The summed E-state index contributed by atoms with van der Waals surface area (Å²) in [6.45, 7) is 12.6. The minimum absolute atomic E-state index is 0. The van der Waals surface area contributed by atoms with Gasteiger partial charge in [0, 0.05) is 27.6 Å². The van der Waals surface area contributed by atoms with Crippen LogP contribution < -0.4 is 29.6 Å². The molecule has 0 spiro atoms. The van der Waals surface area contributed by atoms with Crippen LogP contribution in [-0.4, -0.2) is 96.5 Å². The number of aromatic nitrogens is 1. The summed E-state index contributed by atoms with van der Waals surface area (Å²) in [4.78, 5) is 63.3. The van der Waals surface area contributed by atoms with Gasteiger partial charge in [0.25, 0.3) is 5.91 Å². The predicted octanol–water partition coefficient (Wildman–Crippen LogP) is 7.31. The third-order valence-electron chi connectivity index (χ3n) is 12.2. The van der Waals surface area contributed by atoms with Gasteiger partial charge in [0.2, 0.25) is 27.7 Å². The van der Waals surface area contributed by atoms with Crippen LogP contribution >= 0.6 is 0 Å². The van der Waals surface area contributed by atoms with Crippen molar-refractivity contribution in [3.63, 3.8) is 0 Å². The molecule has 4 aliphatic rings. The zero-order chi connectivity index (χ0) is 46.3. The SMILES string of the molecule is COc1ccc2c(O[C@@H]3C[C@H]4C(=O)N[C@]5(C(=O)NS(=O)(=O)C6CC6)C[C@H]5/C=C\CC[C@@H](C)C[C@@H](C)[C@H](NC(=O)OC(C)(C)C)C(=O)N4C3)nc(-c3ccc(OC(C)C)c(F)c3)cc2c1.[HH].[HH].[HH]. The third kappa shape index (κ3) is 10.6.